The van der Waals surface area contributed by atoms with Gasteiger partial charge in [-0.05, 0) is 37.0 Å². The van der Waals surface area contributed by atoms with Crippen LogP contribution in [0.5, 0.6) is 0 Å². The van der Waals surface area contributed by atoms with E-state index in [1.54, 1.807) is 0 Å². The second-order valence-corrected chi connectivity index (χ2v) is 5.63. The minimum Gasteiger partial charge on any atom is -0.370 e. The molecule has 0 bridgehead atoms. The molecule has 22 heavy (non-hydrogen) atoms. The first kappa shape index (κ1) is 19.1. The fourth-order valence-electron chi connectivity index (χ4n) is 2.74. The summed E-state index contributed by atoms with van der Waals surface area (Å²) in [5, 5.41) is 3.25. The first-order valence-corrected chi connectivity index (χ1v) is 7.65. The van der Waals surface area contributed by atoms with Gasteiger partial charge in [0.15, 0.2) is 5.96 Å². The van der Waals surface area contributed by atoms with E-state index in [1.165, 1.54) is 37.8 Å². The lowest BCUT2D eigenvalue weighted by Crippen LogP contribution is -2.40. The quantitative estimate of drug-likeness (QED) is 0.336. The minimum absolute atomic E-state index is 0. The third-order valence-electron chi connectivity index (χ3n) is 3.81. The largest absolute Gasteiger partial charge is 0.370 e. The van der Waals surface area contributed by atoms with Gasteiger partial charge in [0.25, 0.3) is 0 Å². The number of rotatable bonds is 4. The van der Waals surface area contributed by atoms with Gasteiger partial charge >= 0.3 is 0 Å². The third kappa shape index (κ3) is 6.89. The zero-order valence-electron chi connectivity index (χ0n) is 12.7. The van der Waals surface area contributed by atoms with Gasteiger partial charge < -0.3 is 11.1 Å². The summed E-state index contributed by atoms with van der Waals surface area (Å²) in [5.74, 6) is -0.684. The second-order valence-electron chi connectivity index (χ2n) is 5.63. The number of aliphatic imine (C=N–C) groups is 1. The van der Waals surface area contributed by atoms with E-state index in [9.17, 15) is 8.78 Å². The van der Waals surface area contributed by atoms with Gasteiger partial charge in [-0.1, -0.05) is 25.7 Å². The average Bonchev–Trinajstić information content (AvgIpc) is 2.66. The van der Waals surface area contributed by atoms with Crippen molar-refractivity contribution in [3.05, 3.63) is 35.4 Å². The Morgan fingerprint density at radius 1 is 1.09 bits per heavy atom. The summed E-state index contributed by atoms with van der Waals surface area (Å²) >= 11 is 0. The zero-order chi connectivity index (χ0) is 15.1. The minimum atomic E-state index is -0.557. The molecule has 0 radical (unpaired) electrons. The molecule has 1 aliphatic carbocycles. The Morgan fingerprint density at radius 3 is 2.27 bits per heavy atom. The van der Waals surface area contributed by atoms with Crippen LogP contribution in [0.4, 0.5) is 8.78 Å². The lowest BCUT2D eigenvalue weighted by molar-refractivity contribution is 0.530. The molecule has 0 unspecified atom stereocenters. The van der Waals surface area contributed by atoms with Crippen molar-refractivity contribution in [1.82, 2.24) is 5.32 Å². The Labute approximate surface area is 147 Å². The van der Waals surface area contributed by atoms with E-state index in [2.05, 4.69) is 10.3 Å². The highest BCUT2D eigenvalue weighted by atomic mass is 127. The van der Waals surface area contributed by atoms with Crippen molar-refractivity contribution in [2.24, 2.45) is 10.7 Å². The standard InChI is InChI=1S/C16H23F2N3.HI/c17-13-9-12(10-14(18)11-13)7-8-20-16(19)21-15-5-3-1-2-4-6-15;/h9-11,15H,1-8H2,(H3,19,20,21);1H. The van der Waals surface area contributed by atoms with Crippen molar-refractivity contribution in [3.63, 3.8) is 0 Å². The summed E-state index contributed by atoms with van der Waals surface area (Å²) in [6, 6.07) is 3.93. The first-order chi connectivity index (χ1) is 10.1. The number of nitrogens with two attached hydrogens (primary N) is 1. The van der Waals surface area contributed by atoms with Crippen LogP contribution in [0.3, 0.4) is 0 Å². The maximum atomic E-state index is 13.0. The van der Waals surface area contributed by atoms with E-state index in [1.807, 2.05) is 0 Å². The van der Waals surface area contributed by atoms with Crippen molar-refractivity contribution < 1.29 is 8.78 Å². The van der Waals surface area contributed by atoms with Gasteiger partial charge in [0, 0.05) is 18.7 Å². The molecule has 0 atom stereocenters. The molecule has 3 N–H and O–H groups in total. The summed E-state index contributed by atoms with van der Waals surface area (Å²) in [5.41, 5.74) is 6.47. The normalized spacial score (nSPS) is 16.7. The van der Waals surface area contributed by atoms with Crippen LogP contribution in [0.2, 0.25) is 0 Å². The molecule has 0 amide bonds. The van der Waals surface area contributed by atoms with Crippen molar-refractivity contribution in [2.45, 2.75) is 51.0 Å². The van der Waals surface area contributed by atoms with Crippen molar-refractivity contribution >= 4 is 29.9 Å². The van der Waals surface area contributed by atoms with E-state index in [4.69, 9.17) is 5.73 Å². The van der Waals surface area contributed by atoms with Gasteiger partial charge in [-0.15, -0.1) is 24.0 Å². The third-order valence-corrected chi connectivity index (χ3v) is 3.81. The molecule has 124 valence electrons. The molecule has 0 spiro atoms. The van der Waals surface area contributed by atoms with Gasteiger partial charge in [0.2, 0.25) is 0 Å². The molecule has 1 aliphatic rings. The highest BCUT2D eigenvalue weighted by Crippen LogP contribution is 2.16. The van der Waals surface area contributed by atoms with Gasteiger partial charge in [-0.3, -0.25) is 4.99 Å². The number of benzene rings is 1. The van der Waals surface area contributed by atoms with E-state index in [-0.39, 0.29) is 24.0 Å². The van der Waals surface area contributed by atoms with Crippen LogP contribution in [0.1, 0.15) is 44.1 Å². The smallest absolute Gasteiger partial charge is 0.188 e. The zero-order valence-corrected chi connectivity index (χ0v) is 15.0. The van der Waals surface area contributed by atoms with E-state index in [0.717, 1.165) is 18.9 Å². The maximum Gasteiger partial charge on any atom is 0.188 e. The van der Waals surface area contributed by atoms with Crippen LogP contribution in [0.25, 0.3) is 0 Å². The van der Waals surface area contributed by atoms with Crippen LogP contribution in [0, 0.1) is 11.6 Å². The van der Waals surface area contributed by atoms with Crippen molar-refractivity contribution in [1.29, 1.82) is 0 Å². The monoisotopic (exact) mass is 423 g/mol. The predicted molar refractivity (Wildman–Crippen MR) is 96.6 cm³/mol. The van der Waals surface area contributed by atoms with Crippen LogP contribution >= 0.6 is 24.0 Å². The van der Waals surface area contributed by atoms with Crippen molar-refractivity contribution in [2.75, 3.05) is 6.54 Å². The summed E-state index contributed by atoms with van der Waals surface area (Å²) in [4.78, 5) is 4.24. The Hall–Kier alpha value is -0.920. The molecule has 6 heteroatoms. The molecule has 2 rings (SSSR count). The number of hydrogen-bond acceptors (Lipinski definition) is 1. The topological polar surface area (TPSA) is 50.4 Å². The Kier molecular flexibility index (Phi) is 8.67. The highest BCUT2D eigenvalue weighted by molar-refractivity contribution is 14.0. The number of guanidine groups is 1. The molecular formula is C16H24F2IN3. The van der Waals surface area contributed by atoms with E-state index >= 15 is 0 Å². The maximum absolute atomic E-state index is 13.0. The van der Waals surface area contributed by atoms with E-state index in [0.29, 0.717) is 30.5 Å². The van der Waals surface area contributed by atoms with Crippen LogP contribution < -0.4 is 11.1 Å². The number of halogens is 3. The van der Waals surface area contributed by atoms with Gasteiger partial charge in [0.1, 0.15) is 11.6 Å². The molecule has 0 aromatic heterocycles. The summed E-state index contributed by atoms with van der Waals surface area (Å²) in [6.07, 6.45) is 7.78. The predicted octanol–water partition coefficient (Wildman–Crippen LogP) is 3.75. The van der Waals surface area contributed by atoms with Gasteiger partial charge in [-0.2, -0.15) is 0 Å². The molecule has 1 aromatic carbocycles. The van der Waals surface area contributed by atoms with Gasteiger partial charge in [0.05, 0.1) is 0 Å². The molecule has 1 saturated carbocycles. The van der Waals surface area contributed by atoms with Crippen molar-refractivity contribution in [3.8, 4) is 0 Å². The molecule has 1 fully saturated rings. The molecular weight excluding hydrogens is 399 g/mol. The van der Waals surface area contributed by atoms with Crippen LogP contribution in [-0.2, 0) is 6.42 Å². The van der Waals surface area contributed by atoms with Gasteiger partial charge in [-0.25, -0.2) is 8.78 Å². The lowest BCUT2D eigenvalue weighted by atomic mass is 10.1. The Balaban J connectivity index is 0.00000242. The molecule has 0 heterocycles. The lowest BCUT2D eigenvalue weighted by Gasteiger charge is -2.16. The fourth-order valence-corrected chi connectivity index (χ4v) is 2.74. The van der Waals surface area contributed by atoms with Crippen LogP contribution in [0.15, 0.2) is 23.2 Å². The average molecular weight is 423 g/mol. The fraction of sp³-hybridized carbons (Fsp3) is 0.562. The van der Waals surface area contributed by atoms with Crippen LogP contribution in [-0.4, -0.2) is 18.5 Å². The SMILES string of the molecule is I.NC(=NCCc1cc(F)cc(F)c1)NC1CCCCCC1. The second kappa shape index (κ2) is 9.97. The molecule has 0 aliphatic heterocycles. The number of nitrogens with zero attached hydrogens (tertiary/aromatic N) is 1. The Morgan fingerprint density at radius 2 is 1.68 bits per heavy atom. The summed E-state index contributed by atoms with van der Waals surface area (Å²) < 4.78 is 26.1. The summed E-state index contributed by atoms with van der Waals surface area (Å²) in [7, 11) is 0. The Bertz CT molecular complexity index is 466. The molecule has 1 aromatic rings. The number of nitrogens with one attached hydrogen (secondary N) is 1. The highest BCUT2D eigenvalue weighted by Gasteiger charge is 2.12. The molecule has 0 saturated heterocycles. The molecule has 3 nitrogen and oxygen atoms in total. The number of hydrogen-bond donors (Lipinski definition) is 2. The first-order valence-electron chi connectivity index (χ1n) is 7.65. The summed E-state index contributed by atoms with van der Waals surface area (Å²) in [6.45, 7) is 0.425. The van der Waals surface area contributed by atoms with E-state index < -0.39 is 11.6 Å².